The van der Waals surface area contributed by atoms with E-state index in [1.54, 1.807) is 18.2 Å². The van der Waals surface area contributed by atoms with Crippen LogP contribution in [0.3, 0.4) is 0 Å². The summed E-state index contributed by atoms with van der Waals surface area (Å²) in [6.45, 7) is 5.69. The van der Waals surface area contributed by atoms with E-state index >= 15 is 0 Å². The number of para-hydroxylation sites is 1. The molecule has 0 aliphatic carbocycles. The highest BCUT2D eigenvalue weighted by Gasteiger charge is 2.20. The molecule has 4 nitrogen and oxygen atoms in total. The molecule has 1 rings (SSSR count). The molecule has 1 aromatic carbocycles. The van der Waals surface area contributed by atoms with Gasteiger partial charge in [-0.15, -0.1) is 0 Å². The van der Waals surface area contributed by atoms with E-state index in [4.69, 9.17) is 20.5 Å². The molecule has 0 fully saturated rings. The third-order valence-corrected chi connectivity index (χ3v) is 1.79. The van der Waals surface area contributed by atoms with Crippen LogP contribution in [0, 0.1) is 0 Å². The molecule has 0 atom stereocenters. The first-order valence-electron chi connectivity index (χ1n) is 4.75. The van der Waals surface area contributed by atoms with E-state index in [0.29, 0.717) is 5.75 Å². The number of hydrogen-bond donors (Lipinski definition) is 3. The van der Waals surface area contributed by atoms with Gasteiger partial charge in [0.05, 0.1) is 5.69 Å². The van der Waals surface area contributed by atoms with Crippen LogP contribution < -0.4 is 15.9 Å². The fraction of sp³-hybridized carbons (Fsp3) is 0.400. The lowest BCUT2D eigenvalue weighted by Crippen LogP contribution is -2.33. The van der Waals surface area contributed by atoms with Crippen LogP contribution in [-0.4, -0.2) is 22.8 Å². The van der Waals surface area contributed by atoms with Crippen molar-refractivity contribution in [3.63, 3.8) is 0 Å². The number of nitrogen functional groups attached to an aromatic ring is 1. The average Bonchev–Trinajstić information content (AvgIpc) is 2.05. The molecule has 0 aliphatic rings. The number of rotatable bonds is 2. The van der Waals surface area contributed by atoms with Crippen LogP contribution in [0.2, 0.25) is 0 Å². The van der Waals surface area contributed by atoms with Crippen LogP contribution in [0.1, 0.15) is 20.8 Å². The summed E-state index contributed by atoms with van der Waals surface area (Å²) in [6.07, 6.45) is 0. The van der Waals surface area contributed by atoms with Gasteiger partial charge in [-0.3, -0.25) is 0 Å². The van der Waals surface area contributed by atoms with E-state index in [0.717, 1.165) is 0 Å². The van der Waals surface area contributed by atoms with Gasteiger partial charge in [0, 0.05) is 5.46 Å². The van der Waals surface area contributed by atoms with Crippen molar-refractivity contribution in [3.8, 4) is 5.75 Å². The van der Waals surface area contributed by atoms with Crippen molar-refractivity contribution >= 4 is 18.3 Å². The Morgan fingerprint density at radius 3 is 2.33 bits per heavy atom. The van der Waals surface area contributed by atoms with Gasteiger partial charge in [0.15, 0.2) is 0 Å². The third kappa shape index (κ3) is 3.14. The van der Waals surface area contributed by atoms with Crippen molar-refractivity contribution in [3.05, 3.63) is 18.2 Å². The Bertz CT molecular complexity index is 347. The molecule has 82 valence electrons. The molecule has 0 radical (unpaired) electrons. The van der Waals surface area contributed by atoms with E-state index in [1.165, 1.54) is 0 Å². The molecule has 15 heavy (non-hydrogen) atoms. The number of hydrogen-bond acceptors (Lipinski definition) is 4. The predicted molar refractivity (Wildman–Crippen MR) is 61.1 cm³/mol. The van der Waals surface area contributed by atoms with E-state index in [2.05, 4.69) is 0 Å². The molecule has 1 aromatic rings. The Morgan fingerprint density at radius 2 is 1.87 bits per heavy atom. The minimum absolute atomic E-state index is 0.261. The summed E-state index contributed by atoms with van der Waals surface area (Å²) < 4.78 is 5.58. The van der Waals surface area contributed by atoms with Gasteiger partial charge in [-0.1, -0.05) is 12.1 Å². The minimum Gasteiger partial charge on any atom is -0.486 e. The zero-order chi connectivity index (χ0) is 11.6. The monoisotopic (exact) mass is 209 g/mol. The van der Waals surface area contributed by atoms with Gasteiger partial charge in [0.2, 0.25) is 0 Å². The van der Waals surface area contributed by atoms with Crippen LogP contribution in [0.5, 0.6) is 5.75 Å². The fourth-order valence-electron chi connectivity index (χ4n) is 1.21. The summed E-state index contributed by atoms with van der Waals surface area (Å²) in [5.41, 5.74) is 5.91. The SMILES string of the molecule is CC(C)(C)Oc1cccc(B(O)O)c1N. The average molecular weight is 209 g/mol. The summed E-state index contributed by atoms with van der Waals surface area (Å²) in [5, 5.41) is 18.1. The highest BCUT2D eigenvalue weighted by molar-refractivity contribution is 6.60. The van der Waals surface area contributed by atoms with Crippen molar-refractivity contribution in [1.29, 1.82) is 0 Å². The largest absolute Gasteiger partial charge is 0.490 e. The molecule has 0 spiro atoms. The van der Waals surface area contributed by atoms with Gasteiger partial charge in [-0.25, -0.2) is 0 Å². The highest BCUT2D eigenvalue weighted by Crippen LogP contribution is 2.23. The summed E-state index contributed by atoms with van der Waals surface area (Å²) >= 11 is 0. The zero-order valence-electron chi connectivity index (χ0n) is 9.19. The smallest absolute Gasteiger partial charge is 0.486 e. The second-order valence-corrected chi connectivity index (χ2v) is 4.35. The first kappa shape index (κ1) is 11.9. The second kappa shape index (κ2) is 4.12. The molecule has 0 heterocycles. The molecule has 0 unspecified atom stereocenters. The number of ether oxygens (including phenoxy) is 1. The van der Waals surface area contributed by atoms with Crippen LogP contribution in [0.15, 0.2) is 18.2 Å². The van der Waals surface area contributed by atoms with E-state index < -0.39 is 7.12 Å². The van der Waals surface area contributed by atoms with E-state index in [1.807, 2.05) is 20.8 Å². The van der Waals surface area contributed by atoms with Crippen LogP contribution in [0.4, 0.5) is 5.69 Å². The highest BCUT2D eigenvalue weighted by atomic mass is 16.5. The maximum Gasteiger partial charge on any atom is 0.490 e. The van der Waals surface area contributed by atoms with Gasteiger partial charge in [-0.2, -0.15) is 0 Å². The number of nitrogens with two attached hydrogens (primary N) is 1. The quantitative estimate of drug-likeness (QED) is 0.477. The Kier molecular flexibility index (Phi) is 3.26. The standard InChI is InChI=1S/C10H16BNO3/c1-10(2,3)15-8-6-4-5-7(9(8)12)11(13)14/h4-6,13-14H,12H2,1-3H3. The van der Waals surface area contributed by atoms with Crippen molar-refractivity contribution in [2.75, 3.05) is 5.73 Å². The fourth-order valence-corrected chi connectivity index (χ4v) is 1.21. The predicted octanol–water partition coefficient (Wildman–Crippen LogP) is 0.126. The lowest BCUT2D eigenvalue weighted by Gasteiger charge is -2.23. The minimum atomic E-state index is -1.58. The lowest BCUT2D eigenvalue weighted by molar-refractivity contribution is 0.132. The van der Waals surface area contributed by atoms with Crippen molar-refractivity contribution in [1.82, 2.24) is 0 Å². The Labute approximate surface area is 89.8 Å². The molecule has 0 saturated carbocycles. The van der Waals surface area contributed by atoms with Gasteiger partial charge in [-0.05, 0) is 26.8 Å². The van der Waals surface area contributed by atoms with Crippen LogP contribution in [-0.2, 0) is 0 Å². The molecule has 0 saturated heterocycles. The molecular formula is C10H16BNO3. The number of anilines is 1. The van der Waals surface area contributed by atoms with Crippen LogP contribution in [0.25, 0.3) is 0 Å². The summed E-state index contributed by atoms with van der Waals surface area (Å²) in [6, 6.07) is 4.92. The first-order valence-corrected chi connectivity index (χ1v) is 4.75. The maximum atomic E-state index is 9.05. The molecule has 5 heteroatoms. The van der Waals surface area contributed by atoms with Gasteiger partial charge in [0.1, 0.15) is 11.4 Å². The molecule has 0 aromatic heterocycles. The number of benzene rings is 1. The van der Waals surface area contributed by atoms with Gasteiger partial charge >= 0.3 is 7.12 Å². The Hall–Kier alpha value is -1.20. The Balaban J connectivity index is 3.05. The lowest BCUT2D eigenvalue weighted by atomic mass is 9.79. The summed E-state index contributed by atoms with van der Waals surface area (Å²) in [7, 11) is -1.58. The third-order valence-electron chi connectivity index (χ3n) is 1.79. The van der Waals surface area contributed by atoms with Gasteiger partial charge < -0.3 is 20.5 Å². The molecule has 0 bridgehead atoms. The van der Waals surface area contributed by atoms with Crippen LogP contribution >= 0.6 is 0 Å². The van der Waals surface area contributed by atoms with Crippen molar-refractivity contribution in [2.45, 2.75) is 26.4 Å². The topological polar surface area (TPSA) is 75.7 Å². The molecule has 0 aliphatic heterocycles. The maximum absolute atomic E-state index is 9.05. The summed E-state index contributed by atoms with van der Waals surface area (Å²) in [4.78, 5) is 0. The normalized spacial score (nSPS) is 11.3. The second-order valence-electron chi connectivity index (χ2n) is 4.35. The molecule has 4 N–H and O–H groups in total. The van der Waals surface area contributed by atoms with E-state index in [9.17, 15) is 0 Å². The summed E-state index contributed by atoms with van der Waals surface area (Å²) in [5.74, 6) is 0.466. The van der Waals surface area contributed by atoms with Crippen molar-refractivity contribution in [2.24, 2.45) is 0 Å². The Morgan fingerprint density at radius 1 is 1.27 bits per heavy atom. The van der Waals surface area contributed by atoms with Gasteiger partial charge in [0.25, 0.3) is 0 Å². The molecular weight excluding hydrogens is 193 g/mol. The first-order chi connectivity index (χ1) is 6.81. The van der Waals surface area contributed by atoms with Crippen molar-refractivity contribution < 1.29 is 14.8 Å². The van der Waals surface area contributed by atoms with E-state index in [-0.39, 0.29) is 16.8 Å². The zero-order valence-corrected chi connectivity index (χ0v) is 9.19. The molecule has 0 amide bonds.